The van der Waals surface area contributed by atoms with E-state index >= 15 is 0 Å². The Bertz CT molecular complexity index is 68.3. The van der Waals surface area contributed by atoms with Crippen LogP contribution in [0.3, 0.4) is 0 Å². The van der Waals surface area contributed by atoms with Crippen LogP contribution in [0.5, 0.6) is 0 Å². The average Bonchev–Trinajstić information content (AvgIpc) is 1.61. The van der Waals surface area contributed by atoms with Crippen LogP contribution < -0.4 is 64.2 Å². The fourth-order valence-electron chi connectivity index (χ4n) is 0.185. The van der Waals surface area contributed by atoms with E-state index in [2.05, 4.69) is 4.74 Å². The second kappa shape index (κ2) is 16.8. The molecule has 0 aliphatic carbocycles. The topological polar surface area (TPSA) is 79.4 Å². The van der Waals surface area contributed by atoms with E-state index < -0.39 is 5.97 Å². The molecule has 1 N–H and O–H groups in total. The first-order valence-electron chi connectivity index (χ1n) is 2.05. The van der Waals surface area contributed by atoms with Gasteiger partial charge in [0.05, 0.1) is 12.6 Å². The first kappa shape index (κ1) is 22.5. The van der Waals surface area contributed by atoms with Crippen molar-refractivity contribution >= 4 is 5.97 Å². The summed E-state index contributed by atoms with van der Waals surface area (Å²) in [6.07, 6.45) is 0. The van der Waals surface area contributed by atoms with Crippen molar-refractivity contribution in [1.82, 2.24) is 0 Å². The minimum absolute atomic E-state index is 0. The Balaban J connectivity index is -0.0000000600. The summed E-state index contributed by atoms with van der Waals surface area (Å²) in [6, 6.07) is 0. The van der Waals surface area contributed by atoms with Crippen molar-refractivity contribution in [3.05, 3.63) is 0 Å². The molecule has 0 aromatic rings. The van der Waals surface area contributed by atoms with Gasteiger partial charge in [-0.25, -0.2) is 0 Å². The van der Waals surface area contributed by atoms with E-state index in [0.29, 0.717) is 6.61 Å². The zero-order valence-electron chi connectivity index (χ0n) is 6.59. The summed E-state index contributed by atoms with van der Waals surface area (Å²) in [5.74, 6) is -1.16. The standard InChI is InChI=1S/C4H8O3.2Na.H2O/c1-2-7-3-4(5)6;;;/h2-3H2,1H3,(H,5,6);;;1H2/q;2*+1;/p-2. The summed E-state index contributed by atoms with van der Waals surface area (Å²) < 4.78 is 4.43. The predicted molar refractivity (Wildman–Crippen MR) is 23.4 cm³/mol. The van der Waals surface area contributed by atoms with E-state index in [1.54, 1.807) is 6.92 Å². The third kappa shape index (κ3) is 22.8. The van der Waals surface area contributed by atoms with E-state index in [1.807, 2.05) is 0 Å². The van der Waals surface area contributed by atoms with E-state index in [9.17, 15) is 9.90 Å². The molecule has 0 saturated heterocycles. The largest absolute Gasteiger partial charge is 1.00 e. The van der Waals surface area contributed by atoms with Crippen LogP contribution in [-0.4, -0.2) is 24.7 Å². The van der Waals surface area contributed by atoms with Gasteiger partial charge in [0, 0.05) is 6.61 Å². The molecule has 0 saturated carbocycles. The third-order valence-corrected chi connectivity index (χ3v) is 0.424. The summed E-state index contributed by atoms with van der Waals surface area (Å²) in [6.45, 7) is 1.85. The molecule has 0 unspecified atom stereocenters. The molecule has 0 bridgehead atoms. The number of carbonyl (C=O) groups excluding carboxylic acids is 1. The first-order valence-corrected chi connectivity index (χ1v) is 2.05. The van der Waals surface area contributed by atoms with Crippen LogP contribution in [0.15, 0.2) is 0 Å². The van der Waals surface area contributed by atoms with Crippen LogP contribution in [0, 0.1) is 0 Å². The van der Waals surface area contributed by atoms with Gasteiger partial charge in [0.2, 0.25) is 0 Å². The number of hydrogen-bond acceptors (Lipinski definition) is 4. The van der Waals surface area contributed by atoms with E-state index in [1.165, 1.54) is 0 Å². The molecule has 0 spiro atoms. The first-order chi connectivity index (χ1) is 3.27. The Morgan fingerprint density at radius 1 is 1.50 bits per heavy atom. The quantitative estimate of drug-likeness (QED) is 0.390. The molecule has 0 aromatic heterocycles. The summed E-state index contributed by atoms with van der Waals surface area (Å²) in [4.78, 5) is 9.52. The molecule has 0 aromatic carbocycles. The summed E-state index contributed by atoms with van der Waals surface area (Å²) in [7, 11) is 0. The number of carbonyl (C=O) groups is 1. The maximum Gasteiger partial charge on any atom is 1.00 e. The molecule has 6 heteroatoms. The zero-order chi connectivity index (χ0) is 5.70. The number of aliphatic carboxylic acids is 1. The van der Waals surface area contributed by atoms with Crippen LogP contribution in [-0.2, 0) is 9.53 Å². The molecule has 0 aliphatic rings. The van der Waals surface area contributed by atoms with Gasteiger partial charge in [-0.3, -0.25) is 0 Å². The Morgan fingerprint density at radius 2 is 1.90 bits per heavy atom. The predicted octanol–water partition coefficient (Wildman–Crippen LogP) is -7.40. The fourth-order valence-corrected chi connectivity index (χ4v) is 0.185. The molecule has 0 radical (unpaired) electrons. The number of hydrogen-bond donors (Lipinski definition) is 0. The van der Waals surface area contributed by atoms with Gasteiger partial charge in [0.25, 0.3) is 0 Å². The molecule has 50 valence electrons. The SMILES string of the molecule is CCOCC(=O)[O-].[Na+].[Na+].[OH-]. The van der Waals surface area contributed by atoms with Gasteiger partial charge in [-0.05, 0) is 6.92 Å². The number of carboxylic acids is 1. The van der Waals surface area contributed by atoms with Gasteiger partial charge in [-0.2, -0.15) is 0 Å². The van der Waals surface area contributed by atoms with Crippen molar-refractivity contribution in [2.24, 2.45) is 0 Å². The van der Waals surface area contributed by atoms with Gasteiger partial charge in [0.1, 0.15) is 0 Å². The molecule has 0 fully saturated rings. The number of carboxylic acid groups (broad SMARTS) is 1. The molecule has 4 nitrogen and oxygen atoms in total. The van der Waals surface area contributed by atoms with Crippen molar-refractivity contribution in [2.45, 2.75) is 6.92 Å². The number of ether oxygens (including phenoxy) is 1. The van der Waals surface area contributed by atoms with E-state index in [4.69, 9.17) is 0 Å². The molecular weight excluding hydrogens is 158 g/mol. The average molecular weight is 166 g/mol. The van der Waals surface area contributed by atoms with Crippen LogP contribution in [0.25, 0.3) is 0 Å². The van der Waals surface area contributed by atoms with Crippen LogP contribution in [0.1, 0.15) is 6.92 Å². The molecule has 0 amide bonds. The van der Waals surface area contributed by atoms with Crippen molar-refractivity contribution in [1.29, 1.82) is 0 Å². The smallest absolute Gasteiger partial charge is 0.870 e. The molecular formula is C4H8Na2O4. The molecule has 0 rings (SSSR count). The van der Waals surface area contributed by atoms with Gasteiger partial charge in [-0.1, -0.05) is 0 Å². The fraction of sp³-hybridized carbons (Fsp3) is 0.750. The van der Waals surface area contributed by atoms with Crippen LogP contribution in [0.2, 0.25) is 0 Å². The third-order valence-electron chi connectivity index (χ3n) is 0.424. The minimum Gasteiger partial charge on any atom is -0.870 e. The Kier molecular flexibility index (Phi) is 37.8. The maximum atomic E-state index is 9.52. The van der Waals surface area contributed by atoms with Gasteiger partial charge in [0.15, 0.2) is 0 Å². The minimum atomic E-state index is -1.16. The summed E-state index contributed by atoms with van der Waals surface area (Å²) in [5, 5.41) is 9.52. The van der Waals surface area contributed by atoms with Crippen LogP contribution in [0.4, 0.5) is 0 Å². The normalized spacial score (nSPS) is 6.10. The van der Waals surface area contributed by atoms with Crippen molar-refractivity contribution < 1.29 is 79.2 Å². The summed E-state index contributed by atoms with van der Waals surface area (Å²) >= 11 is 0. The maximum absolute atomic E-state index is 9.52. The Hall–Kier alpha value is 1.39. The monoisotopic (exact) mass is 166 g/mol. The Morgan fingerprint density at radius 3 is 2.00 bits per heavy atom. The molecule has 0 heterocycles. The van der Waals surface area contributed by atoms with Gasteiger partial charge in [-0.15, -0.1) is 0 Å². The van der Waals surface area contributed by atoms with Crippen molar-refractivity contribution in [3.63, 3.8) is 0 Å². The van der Waals surface area contributed by atoms with Crippen molar-refractivity contribution in [3.8, 4) is 0 Å². The van der Waals surface area contributed by atoms with E-state index in [-0.39, 0.29) is 71.2 Å². The second-order valence-corrected chi connectivity index (χ2v) is 1.01. The summed E-state index contributed by atoms with van der Waals surface area (Å²) in [5.41, 5.74) is 0. The zero-order valence-corrected chi connectivity index (χ0v) is 10.6. The number of rotatable bonds is 3. The van der Waals surface area contributed by atoms with Crippen LogP contribution >= 0.6 is 0 Å². The molecule has 0 atom stereocenters. The van der Waals surface area contributed by atoms with E-state index in [0.717, 1.165) is 0 Å². The molecule has 10 heavy (non-hydrogen) atoms. The second-order valence-electron chi connectivity index (χ2n) is 1.01. The molecule has 0 aliphatic heterocycles. The Labute approximate surface area is 104 Å². The van der Waals surface area contributed by atoms with Gasteiger partial charge >= 0.3 is 59.1 Å². The van der Waals surface area contributed by atoms with Crippen molar-refractivity contribution in [2.75, 3.05) is 13.2 Å². The van der Waals surface area contributed by atoms with Gasteiger partial charge < -0.3 is 20.1 Å².